The van der Waals surface area contributed by atoms with Gasteiger partial charge in [0.2, 0.25) is 5.91 Å². The number of amides is 1. The molecule has 0 bridgehead atoms. The average Bonchev–Trinajstić information content (AvgIpc) is 2.30. The van der Waals surface area contributed by atoms with Gasteiger partial charge in [0.25, 0.3) is 5.69 Å². The fourth-order valence-corrected chi connectivity index (χ4v) is 2.09. The van der Waals surface area contributed by atoms with Crippen LogP contribution in [0, 0.1) is 26.9 Å². The lowest BCUT2D eigenvalue weighted by molar-refractivity contribution is -0.383. The highest BCUT2D eigenvalue weighted by atomic mass is 35.5. The van der Waals surface area contributed by atoms with Crippen LogP contribution in [-0.2, 0) is 4.79 Å². The number of benzene rings is 1. The minimum atomic E-state index is -1.05. The number of hydrogen-bond donors (Lipinski definition) is 1. The molecule has 6 nitrogen and oxygen atoms in total. The second-order valence-corrected chi connectivity index (χ2v) is 4.86. The Morgan fingerprint density at radius 3 is 2.68 bits per heavy atom. The molecule has 1 fully saturated rings. The van der Waals surface area contributed by atoms with Crippen LogP contribution in [0.3, 0.4) is 0 Å². The predicted molar refractivity (Wildman–Crippen MR) is 68.6 cm³/mol. The minimum absolute atomic E-state index is 0.0564. The zero-order valence-corrected chi connectivity index (χ0v) is 10.6. The molecule has 1 saturated carbocycles. The lowest BCUT2D eigenvalue weighted by Crippen LogP contribution is -2.40. The van der Waals surface area contributed by atoms with E-state index in [1.807, 2.05) is 6.07 Å². The largest absolute Gasteiger partial charge is 0.319 e. The first-order valence-electron chi connectivity index (χ1n) is 5.65. The average molecular weight is 280 g/mol. The maximum Gasteiger partial charge on any atom is 0.294 e. The van der Waals surface area contributed by atoms with Gasteiger partial charge < -0.3 is 5.32 Å². The number of nitriles is 1. The summed E-state index contributed by atoms with van der Waals surface area (Å²) in [6, 6.07) is 5.96. The van der Waals surface area contributed by atoms with Crippen molar-refractivity contribution in [3.8, 4) is 6.07 Å². The Morgan fingerprint density at radius 2 is 2.21 bits per heavy atom. The minimum Gasteiger partial charge on any atom is -0.319 e. The molecule has 1 amide bonds. The summed E-state index contributed by atoms with van der Waals surface area (Å²) in [4.78, 5) is 22.3. The Balaban J connectivity index is 2.27. The number of nitro benzene ring substituents is 1. The number of hydrogen-bond acceptors (Lipinski definition) is 4. The van der Waals surface area contributed by atoms with Crippen molar-refractivity contribution in [2.24, 2.45) is 5.41 Å². The SMILES string of the molecule is N#CC1(C(=O)Nc2ccc(Cl)cc2[N+](=O)[O-])CCC1. The van der Waals surface area contributed by atoms with Crippen molar-refractivity contribution in [3.63, 3.8) is 0 Å². The van der Waals surface area contributed by atoms with Crippen LogP contribution in [0.1, 0.15) is 19.3 Å². The van der Waals surface area contributed by atoms with Crippen LogP contribution in [0.4, 0.5) is 11.4 Å². The zero-order chi connectivity index (χ0) is 14.0. The van der Waals surface area contributed by atoms with Gasteiger partial charge in [0, 0.05) is 11.1 Å². The first kappa shape index (κ1) is 13.3. The first-order chi connectivity index (χ1) is 8.98. The third-order valence-corrected chi connectivity index (χ3v) is 3.50. The summed E-state index contributed by atoms with van der Waals surface area (Å²) in [6.45, 7) is 0. The fraction of sp³-hybridized carbons (Fsp3) is 0.333. The van der Waals surface area contributed by atoms with Gasteiger partial charge in [-0.05, 0) is 31.4 Å². The van der Waals surface area contributed by atoms with E-state index in [9.17, 15) is 14.9 Å². The molecule has 0 unspecified atom stereocenters. The highest BCUT2D eigenvalue weighted by molar-refractivity contribution is 6.31. The first-order valence-corrected chi connectivity index (χ1v) is 6.03. The Morgan fingerprint density at radius 1 is 1.53 bits per heavy atom. The Hall–Kier alpha value is -2.13. The predicted octanol–water partition coefficient (Wildman–Crippen LogP) is 2.88. The molecule has 0 aliphatic heterocycles. The van der Waals surface area contributed by atoms with Crippen LogP contribution in [-0.4, -0.2) is 10.8 Å². The van der Waals surface area contributed by atoms with E-state index < -0.39 is 16.2 Å². The van der Waals surface area contributed by atoms with Gasteiger partial charge in [0.1, 0.15) is 11.1 Å². The normalized spacial score (nSPS) is 16.0. The molecular weight excluding hydrogens is 270 g/mol. The highest BCUT2D eigenvalue weighted by Crippen LogP contribution is 2.41. The van der Waals surface area contributed by atoms with Crippen LogP contribution in [0.5, 0.6) is 0 Å². The lowest BCUT2D eigenvalue weighted by atomic mass is 9.69. The molecule has 1 aromatic rings. The van der Waals surface area contributed by atoms with Gasteiger partial charge in [-0.25, -0.2) is 0 Å². The van der Waals surface area contributed by atoms with Crippen molar-refractivity contribution in [2.75, 3.05) is 5.32 Å². The molecule has 19 heavy (non-hydrogen) atoms. The quantitative estimate of drug-likeness (QED) is 0.679. The lowest BCUT2D eigenvalue weighted by Gasteiger charge is -2.33. The third kappa shape index (κ3) is 2.37. The fourth-order valence-electron chi connectivity index (χ4n) is 1.92. The number of nitrogens with zero attached hydrogens (tertiary/aromatic N) is 2. The maximum atomic E-state index is 12.0. The van der Waals surface area contributed by atoms with E-state index in [0.29, 0.717) is 12.8 Å². The molecule has 98 valence electrons. The monoisotopic (exact) mass is 279 g/mol. The van der Waals surface area contributed by atoms with Gasteiger partial charge in [0.05, 0.1) is 11.0 Å². The van der Waals surface area contributed by atoms with Crippen molar-refractivity contribution in [2.45, 2.75) is 19.3 Å². The van der Waals surface area contributed by atoms with Crippen molar-refractivity contribution in [1.29, 1.82) is 5.26 Å². The molecule has 1 N–H and O–H groups in total. The maximum absolute atomic E-state index is 12.0. The van der Waals surface area contributed by atoms with Gasteiger partial charge in [0.15, 0.2) is 0 Å². The summed E-state index contributed by atoms with van der Waals surface area (Å²) < 4.78 is 0. The molecule has 0 saturated heterocycles. The molecule has 7 heteroatoms. The van der Waals surface area contributed by atoms with Gasteiger partial charge >= 0.3 is 0 Å². The van der Waals surface area contributed by atoms with E-state index in [4.69, 9.17) is 16.9 Å². The highest BCUT2D eigenvalue weighted by Gasteiger charge is 2.45. The molecular formula is C12H10ClN3O3. The summed E-state index contributed by atoms with van der Waals surface area (Å²) in [5, 5.41) is 22.6. The molecule has 1 aliphatic carbocycles. The van der Waals surface area contributed by atoms with E-state index in [-0.39, 0.29) is 16.4 Å². The van der Waals surface area contributed by atoms with Gasteiger partial charge in [-0.2, -0.15) is 5.26 Å². The second kappa shape index (κ2) is 4.86. The van der Waals surface area contributed by atoms with Gasteiger partial charge in [-0.1, -0.05) is 11.6 Å². The van der Waals surface area contributed by atoms with E-state index in [1.54, 1.807) is 0 Å². The Kier molecular flexibility index (Phi) is 3.40. The van der Waals surface area contributed by atoms with Crippen molar-refractivity contribution in [1.82, 2.24) is 0 Å². The van der Waals surface area contributed by atoms with E-state index in [2.05, 4.69) is 5.32 Å². The summed E-state index contributed by atoms with van der Waals surface area (Å²) in [5.41, 5.74) is -1.28. The number of anilines is 1. The van der Waals surface area contributed by atoms with E-state index in [1.165, 1.54) is 12.1 Å². The van der Waals surface area contributed by atoms with Crippen LogP contribution in [0.25, 0.3) is 0 Å². The molecule has 1 aromatic carbocycles. The topological polar surface area (TPSA) is 96.0 Å². The third-order valence-electron chi connectivity index (χ3n) is 3.26. The molecule has 0 radical (unpaired) electrons. The van der Waals surface area contributed by atoms with Gasteiger partial charge in [-0.15, -0.1) is 0 Å². The smallest absolute Gasteiger partial charge is 0.294 e. The van der Waals surface area contributed by atoms with Crippen molar-refractivity contribution >= 4 is 28.9 Å². The number of rotatable bonds is 3. The summed E-state index contributed by atoms with van der Waals surface area (Å²) in [7, 11) is 0. The van der Waals surface area contributed by atoms with Crippen LogP contribution >= 0.6 is 11.6 Å². The second-order valence-electron chi connectivity index (χ2n) is 4.42. The number of carbonyl (C=O) groups is 1. The van der Waals surface area contributed by atoms with E-state index >= 15 is 0 Å². The summed E-state index contributed by atoms with van der Waals surface area (Å²) >= 11 is 5.68. The van der Waals surface area contributed by atoms with E-state index in [0.717, 1.165) is 12.5 Å². The zero-order valence-electron chi connectivity index (χ0n) is 9.85. The van der Waals surface area contributed by atoms with Crippen molar-refractivity contribution in [3.05, 3.63) is 33.3 Å². The number of carbonyl (C=O) groups excluding carboxylic acids is 1. The molecule has 0 heterocycles. The summed E-state index contributed by atoms with van der Waals surface area (Å²) in [5.74, 6) is -0.494. The van der Waals surface area contributed by atoms with Gasteiger partial charge in [-0.3, -0.25) is 14.9 Å². The molecule has 1 aliphatic rings. The Labute approximate surface area is 114 Å². The van der Waals surface area contributed by atoms with Crippen LogP contribution < -0.4 is 5.32 Å². The number of halogens is 1. The summed E-state index contributed by atoms with van der Waals surface area (Å²) in [6.07, 6.45) is 1.77. The molecule has 0 aromatic heterocycles. The molecule has 0 spiro atoms. The van der Waals surface area contributed by atoms with Crippen LogP contribution in [0.2, 0.25) is 5.02 Å². The number of nitrogens with one attached hydrogen (secondary N) is 1. The standard InChI is InChI=1S/C12H10ClN3O3/c13-8-2-3-9(10(6-8)16(18)19)15-11(17)12(7-14)4-1-5-12/h2-3,6H,1,4-5H2,(H,15,17). The molecule has 0 atom stereocenters. The van der Waals surface area contributed by atoms with Crippen LogP contribution in [0.15, 0.2) is 18.2 Å². The Bertz CT molecular complexity index is 590. The molecule has 2 rings (SSSR count). The number of nitro groups is 1. The van der Waals surface area contributed by atoms with Crippen molar-refractivity contribution < 1.29 is 9.72 Å².